The maximum atomic E-state index is 5.42. The molecule has 3 aromatic rings. The highest BCUT2D eigenvalue weighted by atomic mass is 32.1. The summed E-state index contributed by atoms with van der Waals surface area (Å²) in [6.07, 6.45) is 0. The number of imidazole rings is 1. The van der Waals surface area contributed by atoms with Crippen molar-refractivity contribution in [3.8, 4) is 0 Å². The van der Waals surface area contributed by atoms with Gasteiger partial charge in [-0.15, -0.1) is 0 Å². The van der Waals surface area contributed by atoms with Crippen molar-refractivity contribution in [3.05, 3.63) is 50.4 Å². The molecule has 0 spiro atoms. The number of H-pyrrole nitrogens is 1. The standard InChI is InChI=1S/C14H14N2S2/c1-9-3-4-12-13(5-9)16(14(17)15-12)6-11-8-18-7-10(11)2/h3-5,7-8H,6H2,1-2H3,(H,15,17). The van der Waals surface area contributed by atoms with Crippen LogP contribution in [0.4, 0.5) is 0 Å². The van der Waals surface area contributed by atoms with Crippen molar-refractivity contribution in [3.63, 3.8) is 0 Å². The van der Waals surface area contributed by atoms with Crippen LogP contribution in [0, 0.1) is 18.6 Å². The van der Waals surface area contributed by atoms with Crippen molar-refractivity contribution in [2.45, 2.75) is 20.4 Å². The Morgan fingerprint density at radius 2 is 2.11 bits per heavy atom. The van der Waals surface area contributed by atoms with Gasteiger partial charge in [-0.05, 0) is 65.6 Å². The summed E-state index contributed by atoms with van der Waals surface area (Å²) < 4.78 is 2.97. The lowest BCUT2D eigenvalue weighted by Gasteiger charge is -2.04. The second-order valence-corrected chi connectivity index (χ2v) is 5.75. The van der Waals surface area contributed by atoms with E-state index in [4.69, 9.17) is 12.2 Å². The number of hydrogen-bond acceptors (Lipinski definition) is 2. The number of fused-ring (bicyclic) bond motifs is 1. The van der Waals surface area contributed by atoms with Crippen molar-refractivity contribution in [1.29, 1.82) is 0 Å². The fourth-order valence-electron chi connectivity index (χ4n) is 2.14. The first-order valence-corrected chi connectivity index (χ1v) is 7.21. The molecule has 1 N–H and O–H groups in total. The van der Waals surface area contributed by atoms with Gasteiger partial charge < -0.3 is 9.55 Å². The van der Waals surface area contributed by atoms with Crippen molar-refractivity contribution < 1.29 is 0 Å². The van der Waals surface area contributed by atoms with Crippen LogP contribution in [0.25, 0.3) is 11.0 Å². The van der Waals surface area contributed by atoms with E-state index in [0.29, 0.717) is 0 Å². The minimum absolute atomic E-state index is 0.793. The summed E-state index contributed by atoms with van der Waals surface area (Å²) in [6, 6.07) is 6.38. The van der Waals surface area contributed by atoms with Gasteiger partial charge in [-0.25, -0.2) is 0 Å². The molecule has 0 fully saturated rings. The average Bonchev–Trinajstić information content (AvgIpc) is 2.86. The maximum Gasteiger partial charge on any atom is 0.178 e. The summed E-state index contributed by atoms with van der Waals surface area (Å²) in [5.74, 6) is 0. The lowest BCUT2D eigenvalue weighted by molar-refractivity contribution is 0.808. The molecule has 4 heteroatoms. The molecule has 2 aromatic heterocycles. The Kier molecular flexibility index (Phi) is 2.84. The van der Waals surface area contributed by atoms with Crippen LogP contribution in [-0.2, 0) is 6.54 Å². The normalized spacial score (nSPS) is 11.2. The van der Waals surface area contributed by atoms with Gasteiger partial charge in [0.1, 0.15) is 0 Å². The number of nitrogens with zero attached hydrogens (tertiary/aromatic N) is 1. The number of aryl methyl sites for hydroxylation is 2. The van der Waals surface area contributed by atoms with Crippen molar-refractivity contribution in [2.24, 2.45) is 0 Å². The molecule has 0 unspecified atom stereocenters. The number of rotatable bonds is 2. The molecule has 0 aliphatic heterocycles. The van der Waals surface area contributed by atoms with E-state index in [1.165, 1.54) is 22.2 Å². The number of thiophene rings is 1. The van der Waals surface area contributed by atoms with Crippen LogP contribution in [0.1, 0.15) is 16.7 Å². The Morgan fingerprint density at radius 1 is 1.28 bits per heavy atom. The average molecular weight is 274 g/mol. The van der Waals surface area contributed by atoms with Crippen LogP contribution < -0.4 is 0 Å². The summed E-state index contributed by atoms with van der Waals surface area (Å²) in [4.78, 5) is 3.27. The summed E-state index contributed by atoms with van der Waals surface area (Å²) >= 11 is 7.17. The molecule has 2 heterocycles. The lowest BCUT2D eigenvalue weighted by atomic mass is 10.2. The van der Waals surface area contributed by atoms with E-state index >= 15 is 0 Å². The van der Waals surface area contributed by atoms with E-state index in [2.05, 4.69) is 52.4 Å². The van der Waals surface area contributed by atoms with E-state index in [1.807, 2.05) is 0 Å². The van der Waals surface area contributed by atoms with E-state index in [9.17, 15) is 0 Å². The van der Waals surface area contributed by atoms with Gasteiger partial charge in [-0.2, -0.15) is 11.3 Å². The van der Waals surface area contributed by atoms with Gasteiger partial charge in [0, 0.05) is 0 Å². The third-order valence-electron chi connectivity index (χ3n) is 3.22. The molecular formula is C14H14N2S2. The molecule has 0 atom stereocenters. The van der Waals surface area contributed by atoms with Gasteiger partial charge in [0.05, 0.1) is 17.6 Å². The highest BCUT2D eigenvalue weighted by molar-refractivity contribution is 7.71. The smallest absolute Gasteiger partial charge is 0.178 e. The minimum atomic E-state index is 0.793. The molecule has 0 amide bonds. The van der Waals surface area contributed by atoms with E-state index in [0.717, 1.165) is 16.8 Å². The minimum Gasteiger partial charge on any atom is -0.331 e. The number of aromatic nitrogens is 2. The quantitative estimate of drug-likeness (QED) is 0.686. The molecular weight excluding hydrogens is 260 g/mol. The van der Waals surface area contributed by atoms with Crippen LogP contribution >= 0.6 is 23.6 Å². The molecule has 3 rings (SSSR count). The Bertz CT molecular complexity index is 762. The monoisotopic (exact) mass is 274 g/mol. The Hall–Kier alpha value is -1.39. The molecule has 1 aromatic carbocycles. The van der Waals surface area contributed by atoms with Crippen LogP contribution in [0.2, 0.25) is 0 Å². The summed E-state index contributed by atoms with van der Waals surface area (Å²) in [7, 11) is 0. The summed E-state index contributed by atoms with van der Waals surface area (Å²) in [5, 5.41) is 4.38. The molecule has 0 saturated heterocycles. The molecule has 92 valence electrons. The molecule has 18 heavy (non-hydrogen) atoms. The molecule has 0 aliphatic rings. The predicted octanol–water partition coefficient (Wildman–Crippen LogP) is 4.43. The van der Waals surface area contributed by atoms with Gasteiger partial charge in [0.15, 0.2) is 4.77 Å². The van der Waals surface area contributed by atoms with Gasteiger partial charge in [0.25, 0.3) is 0 Å². The maximum absolute atomic E-state index is 5.42. The number of benzene rings is 1. The number of aromatic amines is 1. The summed E-state index contributed by atoms with van der Waals surface area (Å²) in [6.45, 7) is 5.10. The molecule has 0 bridgehead atoms. The van der Waals surface area contributed by atoms with Crippen molar-refractivity contribution in [1.82, 2.24) is 9.55 Å². The molecule has 0 saturated carbocycles. The van der Waals surface area contributed by atoms with Gasteiger partial charge in [-0.1, -0.05) is 6.07 Å². The molecule has 0 aliphatic carbocycles. The Morgan fingerprint density at radius 3 is 2.83 bits per heavy atom. The van der Waals surface area contributed by atoms with Crippen LogP contribution in [-0.4, -0.2) is 9.55 Å². The fraction of sp³-hybridized carbons (Fsp3) is 0.214. The van der Waals surface area contributed by atoms with Crippen LogP contribution in [0.3, 0.4) is 0 Å². The second kappa shape index (κ2) is 4.37. The zero-order valence-corrected chi connectivity index (χ0v) is 12.0. The SMILES string of the molecule is Cc1ccc2[nH]c(=S)n(Cc3cscc3C)c2c1. The van der Waals surface area contributed by atoms with Crippen molar-refractivity contribution in [2.75, 3.05) is 0 Å². The van der Waals surface area contributed by atoms with Gasteiger partial charge >= 0.3 is 0 Å². The zero-order chi connectivity index (χ0) is 12.7. The van der Waals surface area contributed by atoms with E-state index in [-0.39, 0.29) is 0 Å². The van der Waals surface area contributed by atoms with E-state index in [1.54, 1.807) is 11.3 Å². The Labute approximate surface area is 115 Å². The third-order valence-corrected chi connectivity index (χ3v) is 4.45. The first kappa shape index (κ1) is 11.7. The highest BCUT2D eigenvalue weighted by Crippen LogP contribution is 2.20. The number of nitrogens with one attached hydrogen (secondary N) is 1. The lowest BCUT2D eigenvalue weighted by Crippen LogP contribution is -1.99. The first-order chi connectivity index (χ1) is 8.65. The van der Waals surface area contributed by atoms with Gasteiger partial charge in [-0.3, -0.25) is 0 Å². The van der Waals surface area contributed by atoms with Crippen LogP contribution in [0.15, 0.2) is 29.0 Å². The van der Waals surface area contributed by atoms with Gasteiger partial charge in [0.2, 0.25) is 0 Å². The fourth-order valence-corrected chi connectivity index (χ4v) is 3.26. The predicted molar refractivity (Wildman–Crippen MR) is 80.0 cm³/mol. The zero-order valence-electron chi connectivity index (χ0n) is 10.4. The third kappa shape index (κ3) is 1.91. The first-order valence-electron chi connectivity index (χ1n) is 5.86. The summed E-state index contributed by atoms with van der Waals surface area (Å²) in [5.41, 5.74) is 6.23. The van der Waals surface area contributed by atoms with Crippen molar-refractivity contribution >= 4 is 34.6 Å². The van der Waals surface area contributed by atoms with Crippen LogP contribution in [0.5, 0.6) is 0 Å². The number of hydrogen-bond donors (Lipinski definition) is 1. The second-order valence-electron chi connectivity index (χ2n) is 4.62. The van der Waals surface area contributed by atoms with E-state index < -0.39 is 0 Å². The Balaban J connectivity index is 2.17. The molecule has 2 nitrogen and oxygen atoms in total. The molecule has 0 radical (unpaired) electrons. The largest absolute Gasteiger partial charge is 0.331 e. The highest BCUT2D eigenvalue weighted by Gasteiger charge is 2.07. The topological polar surface area (TPSA) is 20.7 Å².